The molecule has 2 rings (SSSR count). The molecule has 0 radical (unpaired) electrons. The molecule has 2 aromatic carbocycles. The first-order valence-electron chi connectivity index (χ1n) is 7.83. The van der Waals surface area contributed by atoms with Gasteiger partial charge in [0, 0.05) is 18.7 Å². The zero-order chi connectivity index (χ0) is 20.7. The molecule has 0 atom stereocenters. The van der Waals surface area contributed by atoms with Gasteiger partial charge in [-0.2, -0.15) is 0 Å². The fourth-order valence-corrected chi connectivity index (χ4v) is 2.76. The van der Waals surface area contributed by atoms with Gasteiger partial charge in [0.2, 0.25) is 0 Å². The number of ether oxygens (including phenoxy) is 2. The molecule has 2 aromatic rings. The van der Waals surface area contributed by atoms with Crippen LogP contribution >= 0.6 is 28.1 Å². The lowest BCUT2D eigenvalue weighted by Gasteiger charge is -2.12. The molecule has 0 aliphatic heterocycles. The van der Waals surface area contributed by atoms with Crippen LogP contribution in [0.1, 0.15) is 10.4 Å². The van der Waals surface area contributed by atoms with Crippen LogP contribution in [-0.4, -0.2) is 41.4 Å². The molecule has 0 bridgehead atoms. The number of phenols is 1. The van der Waals surface area contributed by atoms with E-state index >= 15 is 0 Å². The minimum absolute atomic E-state index is 0.0781. The molecular formula is C17H16BrN3O6S. The standard InChI is InChI=1S/C17H16BrN3O6S/c1-26-6-7-27-15-5-2-10(8-12(15)18)16(23)20-17(28)19-13-4-3-11(21(24)25)9-14(13)22/h2-5,8-9,22H,6-7H2,1H3,(H2,19,20,23,28). The molecule has 0 spiro atoms. The van der Waals surface area contributed by atoms with Gasteiger partial charge in [-0.1, -0.05) is 0 Å². The van der Waals surface area contributed by atoms with E-state index in [2.05, 4.69) is 26.6 Å². The average Bonchev–Trinajstić information content (AvgIpc) is 2.64. The second-order valence-electron chi connectivity index (χ2n) is 5.35. The van der Waals surface area contributed by atoms with Gasteiger partial charge in [0.1, 0.15) is 18.1 Å². The third kappa shape index (κ3) is 5.87. The van der Waals surface area contributed by atoms with Crippen molar-refractivity contribution < 1.29 is 24.3 Å². The summed E-state index contributed by atoms with van der Waals surface area (Å²) < 4.78 is 11.0. The van der Waals surface area contributed by atoms with Crippen molar-refractivity contribution in [1.82, 2.24) is 5.32 Å². The number of methoxy groups -OCH3 is 1. The highest BCUT2D eigenvalue weighted by atomic mass is 79.9. The summed E-state index contributed by atoms with van der Waals surface area (Å²) in [5.74, 6) is -0.292. The zero-order valence-corrected chi connectivity index (χ0v) is 17.0. The van der Waals surface area contributed by atoms with Crippen LogP contribution in [0.2, 0.25) is 0 Å². The van der Waals surface area contributed by atoms with Crippen LogP contribution in [0.3, 0.4) is 0 Å². The number of hydrogen-bond donors (Lipinski definition) is 3. The van der Waals surface area contributed by atoms with E-state index in [4.69, 9.17) is 21.7 Å². The Balaban J connectivity index is 1.99. The summed E-state index contributed by atoms with van der Waals surface area (Å²) in [6.07, 6.45) is 0. The molecule has 148 valence electrons. The van der Waals surface area contributed by atoms with E-state index in [1.165, 1.54) is 12.1 Å². The summed E-state index contributed by atoms with van der Waals surface area (Å²) in [5.41, 5.74) is 0.178. The Labute approximate surface area is 173 Å². The van der Waals surface area contributed by atoms with Gasteiger partial charge < -0.3 is 19.9 Å². The Morgan fingerprint density at radius 2 is 2.04 bits per heavy atom. The lowest BCUT2D eigenvalue weighted by atomic mass is 10.2. The molecule has 1 amide bonds. The van der Waals surface area contributed by atoms with E-state index in [-0.39, 0.29) is 22.2 Å². The fourth-order valence-electron chi connectivity index (χ4n) is 2.06. The zero-order valence-electron chi connectivity index (χ0n) is 14.6. The number of benzene rings is 2. The quantitative estimate of drug-likeness (QED) is 0.185. The summed E-state index contributed by atoms with van der Waals surface area (Å²) in [7, 11) is 1.57. The lowest BCUT2D eigenvalue weighted by molar-refractivity contribution is -0.384. The number of non-ortho nitro benzene ring substituents is 1. The summed E-state index contributed by atoms with van der Waals surface area (Å²) >= 11 is 8.38. The van der Waals surface area contributed by atoms with Crippen LogP contribution in [0, 0.1) is 10.1 Å². The predicted octanol–water partition coefficient (Wildman–Crippen LogP) is 3.21. The van der Waals surface area contributed by atoms with Crippen molar-refractivity contribution in [3.05, 3.63) is 56.5 Å². The minimum atomic E-state index is -0.635. The molecule has 0 aromatic heterocycles. The molecule has 0 heterocycles. The third-order valence-electron chi connectivity index (χ3n) is 3.41. The monoisotopic (exact) mass is 469 g/mol. The maximum absolute atomic E-state index is 12.3. The first-order chi connectivity index (χ1) is 13.3. The number of nitrogens with zero attached hydrogens (tertiary/aromatic N) is 1. The molecule has 28 heavy (non-hydrogen) atoms. The topological polar surface area (TPSA) is 123 Å². The van der Waals surface area contributed by atoms with Gasteiger partial charge in [0.15, 0.2) is 5.11 Å². The Hall–Kier alpha value is -2.76. The number of nitro benzene ring substituents is 1. The number of anilines is 1. The predicted molar refractivity (Wildman–Crippen MR) is 110 cm³/mol. The summed E-state index contributed by atoms with van der Waals surface area (Å²) in [5, 5.41) is 25.5. The Kier molecular flexibility index (Phi) is 7.67. The summed E-state index contributed by atoms with van der Waals surface area (Å²) in [4.78, 5) is 22.4. The molecule has 0 saturated carbocycles. The van der Waals surface area contributed by atoms with Crippen LogP contribution in [-0.2, 0) is 4.74 Å². The van der Waals surface area contributed by atoms with Crippen molar-refractivity contribution in [3.8, 4) is 11.5 Å². The number of nitro groups is 1. The first-order valence-corrected chi connectivity index (χ1v) is 9.03. The highest BCUT2D eigenvalue weighted by Crippen LogP contribution is 2.28. The van der Waals surface area contributed by atoms with Gasteiger partial charge in [-0.3, -0.25) is 20.2 Å². The van der Waals surface area contributed by atoms with Gasteiger partial charge in [-0.15, -0.1) is 0 Å². The van der Waals surface area contributed by atoms with E-state index in [0.29, 0.717) is 29.0 Å². The number of amides is 1. The van der Waals surface area contributed by atoms with Gasteiger partial charge >= 0.3 is 0 Å². The van der Waals surface area contributed by atoms with Crippen molar-refractivity contribution in [3.63, 3.8) is 0 Å². The number of aromatic hydroxyl groups is 1. The maximum atomic E-state index is 12.3. The number of rotatable bonds is 7. The summed E-state index contributed by atoms with van der Waals surface area (Å²) in [6.45, 7) is 0.803. The lowest BCUT2D eigenvalue weighted by Crippen LogP contribution is -2.34. The molecule has 9 nitrogen and oxygen atoms in total. The van der Waals surface area contributed by atoms with E-state index in [1.807, 2.05) is 0 Å². The van der Waals surface area contributed by atoms with Crippen LogP contribution in [0.5, 0.6) is 11.5 Å². The molecule has 3 N–H and O–H groups in total. The highest BCUT2D eigenvalue weighted by molar-refractivity contribution is 9.10. The normalized spacial score (nSPS) is 10.2. The number of phenolic OH excluding ortho intramolecular Hbond substituents is 1. The maximum Gasteiger partial charge on any atom is 0.273 e. The second kappa shape index (κ2) is 9.97. The molecule has 0 unspecified atom stereocenters. The van der Waals surface area contributed by atoms with Crippen LogP contribution in [0.25, 0.3) is 0 Å². The number of carbonyl (C=O) groups is 1. The first kappa shape index (κ1) is 21.5. The average molecular weight is 470 g/mol. The minimum Gasteiger partial charge on any atom is -0.506 e. The van der Waals surface area contributed by atoms with E-state index < -0.39 is 10.8 Å². The van der Waals surface area contributed by atoms with Crippen molar-refractivity contribution in [2.24, 2.45) is 0 Å². The number of hydrogen-bond acceptors (Lipinski definition) is 7. The van der Waals surface area contributed by atoms with Gasteiger partial charge in [0.25, 0.3) is 11.6 Å². The van der Waals surface area contributed by atoms with Crippen molar-refractivity contribution >= 4 is 50.5 Å². The molecule has 0 aliphatic rings. The number of carbonyl (C=O) groups excluding carboxylic acids is 1. The number of nitrogens with one attached hydrogen (secondary N) is 2. The van der Waals surface area contributed by atoms with Crippen LogP contribution in [0.4, 0.5) is 11.4 Å². The number of thiocarbonyl (C=S) groups is 1. The Bertz CT molecular complexity index is 908. The van der Waals surface area contributed by atoms with Gasteiger partial charge in [-0.05, 0) is 52.4 Å². The van der Waals surface area contributed by atoms with E-state index in [1.54, 1.807) is 25.3 Å². The molecule has 0 fully saturated rings. The second-order valence-corrected chi connectivity index (χ2v) is 6.62. The smallest absolute Gasteiger partial charge is 0.273 e. The largest absolute Gasteiger partial charge is 0.506 e. The Morgan fingerprint density at radius 1 is 1.29 bits per heavy atom. The fraction of sp³-hybridized carbons (Fsp3) is 0.176. The third-order valence-corrected chi connectivity index (χ3v) is 4.23. The molecule has 0 aliphatic carbocycles. The van der Waals surface area contributed by atoms with Gasteiger partial charge in [0.05, 0.1) is 27.8 Å². The molecular weight excluding hydrogens is 454 g/mol. The van der Waals surface area contributed by atoms with Crippen molar-refractivity contribution in [2.45, 2.75) is 0 Å². The summed E-state index contributed by atoms with van der Waals surface area (Å²) in [6, 6.07) is 8.23. The SMILES string of the molecule is COCCOc1ccc(C(=O)NC(=S)Nc2ccc([N+](=O)[O-])cc2O)cc1Br. The number of halogens is 1. The van der Waals surface area contributed by atoms with Crippen molar-refractivity contribution in [2.75, 3.05) is 25.6 Å². The van der Waals surface area contributed by atoms with E-state index in [0.717, 1.165) is 6.07 Å². The Morgan fingerprint density at radius 3 is 2.64 bits per heavy atom. The van der Waals surface area contributed by atoms with Crippen molar-refractivity contribution in [1.29, 1.82) is 0 Å². The highest BCUT2D eigenvalue weighted by Gasteiger charge is 2.14. The van der Waals surface area contributed by atoms with Crippen LogP contribution in [0.15, 0.2) is 40.9 Å². The van der Waals surface area contributed by atoms with Gasteiger partial charge in [-0.25, -0.2) is 0 Å². The molecule has 11 heteroatoms. The van der Waals surface area contributed by atoms with Crippen LogP contribution < -0.4 is 15.4 Å². The van der Waals surface area contributed by atoms with E-state index in [9.17, 15) is 20.0 Å². The molecule has 0 saturated heterocycles.